The molecule has 0 atom stereocenters. The maximum Gasteiger partial charge on any atom is 0.269 e. The predicted octanol–water partition coefficient (Wildman–Crippen LogP) is 3.61. The molecule has 116 valence electrons. The van der Waals surface area contributed by atoms with Crippen molar-refractivity contribution in [2.24, 2.45) is 0 Å². The summed E-state index contributed by atoms with van der Waals surface area (Å²) in [5.74, 6) is 0.810. The van der Waals surface area contributed by atoms with E-state index >= 15 is 0 Å². The molecule has 0 fully saturated rings. The van der Waals surface area contributed by atoms with Crippen LogP contribution in [0.15, 0.2) is 46.9 Å². The fourth-order valence-corrected chi connectivity index (χ4v) is 2.41. The molecular weight excluding hydrogens is 348 g/mol. The zero-order valence-corrected chi connectivity index (χ0v) is 13.9. The molecule has 0 saturated heterocycles. The van der Waals surface area contributed by atoms with Gasteiger partial charge in [-0.25, -0.2) is 0 Å². The van der Waals surface area contributed by atoms with Gasteiger partial charge in [-0.2, -0.15) is 0 Å². The zero-order valence-electron chi connectivity index (χ0n) is 12.4. The van der Waals surface area contributed by atoms with Crippen LogP contribution in [0.2, 0.25) is 0 Å². The first kappa shape index (κ1) is 16.2. The minimum Gasteiger partial charge on any atom is -0.493 e. The number of carbonyl (C=O) groups is 1. The van der Waals surface area contributed by atoms with E-state index in [-0.39, 0.29) is 5.91 Å². The summed E-state index contributed by atoms with van der Waals surface area (Å²) in [5, 5.41) is 0. The number of carbonyl (C=O) groups excluding carboxylic acids is 1. The third-order valence-corrected chi connectivity index (χ3v) is 3.46. The Labute approximate surface area is 137 Å². The summed E-state index contributed by atoms with van der Waals surface area (Å²) >= 11 is 3.40. The number of hydrogen-bond acceptors (Lipinski definition) is 4. The first-order valence-corrected chi connectivity index (χ1v) is 7.56. The number of hydrogen-bond donors (Lipinski definition) is 2. The van der Waals surface area contributed by atoms with Crippen LogP contribution in [0.3, 0.4) is 0 Å². The van der Waals surface area contributed by atoms with Gasteiger partial charge >= 0.3 is 0 Å². The van der Waals surface area contributed by atoms with Crippen LogP contribution < -0.4 is 20.3 Å². The summed E-state index contributed by atoms with van der Waals surface area (Å²) in [5.41, 5.74) is 6.74. The number of amides is 1. The molecule has 0 aliphatic rings. The second kappa shape index (κ2) is 7.70. The van der Waals surface area contributed by atoms with Gasteiger partial charge in [0.2, 0.25) is 0 Å². The Balaban J connectivity index is 2.14. The Bertz CT molecular complexity index is 647. The number of methoxy groups -OCH3 is 1. The van der Waals surface area contributed by atoms with Crippen molar-refractivity contribution in [2.45, 2.75) is 6.92 Å². The van der Waals surface area contributed by atoms with Gasteiger partial charge in [-0.05, 0) is 47.1 Å². The third-order valence-electron chi connectivity index (χ3n) is 2.87. The van der Waals surface area contributed by atoms with E-state index in [4.69, 9.17) is 9.47 Å². The molecule has 0 aromatic heterocycles. The highest BCUT2D eigenvalue weighted by atomic mass is 79.9. The second-order valence-corrected chi connectivity index (χ2v) is 5.22. The number of ether oxygens (including phenoxy) is 2. The van der Waals surface area contributed by atoms with Crippen molar-refractivity contribution in [1.29, 1.82) is 0 Å². The number of benzene rings is 2. The van der Waals surface area contributed by atoms with Crippen LogP contribution in [-0.4, -0.2) is 19.6 Å². The minimum absolute atomic E-state index is 0.272. The lowest BCUT2D eigenvalue weighted by molar-refractivity contribution is 0.0962. The summed E-state index contributed by atoms with van der Waals surface area (Å²) < 4.78 is 11.4. The van der Waals surface area contributed by atoms with Crippen molar-refractivity contribution in [3.63, 3.8) is 0 Å². The van der Waals surface area contributed by atoms with E-state index in [1.54, 1.807) is 12.1 Å². The minimum atomic E-state index is -0.272. The molecule has 2 N–H and O–H groups in total. The molecule has 0 heterocycles. The highest BCUT2D eigenvalue weighted by molar-refractivity contribution is 9.10. The normalized spacial score (nSPS) is 9.95. The molecule has 1 amide bonds. The van der Waals surface area contributed by atoms with E-state index in [1.807, 2.05) is 37.3 Å². The van der Waals surface area contributed by atoms with Crippen molar-refractivity contribution < 1.29 is 14.3 Å². The number of anilines is 1. The Morgan fingerprint density at radius 3 is 2.59 bits per heavy atom. The molecule has 2 rings (SSSR count). The molecule has 22 heavy (non-hydrogen) atoms. The molecule has 6 heteroatoms. The first-order chi connectivity index (χ1) is 10.7. The Hall–Kier alpha value is -2.21. The standard InChI is InChI=1S/C16H17BrN2O3/c1-3-22-15-13(17)9-11(10-14(15)21-2)16(20)19-18-12-7-5-4-6-8-12/h4-10,18H,3H2,1-2H3,(H,19,20). The number of halogens is 1. The quantitative estimate of drug-likeness (QED) is 0.768. The smallest absolute Gasteiger partial charge is 0.269 e. The summed E-state index contributed by atoms with van der Waals surface area (Å²) in [6.45, 7) is 2.40. The number of nitrogens with one attached hydrogen (secondary N) is 2. The SMILES string of the molecule is CCOc1c(Br)cc(C(=O)NNc2ccccc2)cc1OC. The van der Waals surface area contributed by atoms with Gasteiger partial charge in [0.05, 0.1) is 23.9 Å². The van der Waals surface area contributed by atoms with E-state index in [1.165, 1.54) is 7.11 Å². The Morgan fingerprint density at radius 2 is 1.95 bits per heavy atom. The Morgan fingerprint density at radius 1 is 1.23 bits per heavy atom. The third kappa shape index (κ3) is 3.92. The maximum atomic E-state index is 12.2. The summed E-state index contributed by atoms with van der Waals surface area (Å²) in [6, 6.07) is 12.7. The molecule has 0 unspecified atom stereocenters. The molecule has 0 bridgehead atoms. The molecule has 0 radical (unpaired) electrons. The van der Waals surface area contributed by atoms with Crippen LogP contribution in [0.25, 0.3) is 0 Å². The maximum absolute atomic E-state index is 12.2. The van der Waals surface area contributed by atoms with Gasteiger partial charge in [0, 0.05) is 5.56 Å². The van der Waals surface area contributed by atoms with E-state index in [2.05, 4.69) is 26.8 Å². The monoisotopic (exact) mass is 364 g/mol. The highest BCUT2D eigenvalue weighted by Gasteiger charge is 2.15. The van der Waals surface area contributed by atoms with E-state index in [0.29, 0.717) is 28.1 Å². The molecule has 0 aliphatic heterocycles. The lowest BCUT2D eigenvalue weighted by Crippen LogP contribution is -2.29. The average molecular weight is 365 g/mol. The first-order valence-electron chi connectivity index (χ1n) is 6.77. The largest absolute Gasteiger partial charge is 0.493 e. The van der Waals surface area contributed by atoms with Crippen LogP contribution in [-0.2, 0) is 0 Å². The van der Waals surface area contributed by atoms with E-state index in [9.17, 15) is 4.79 Å². The van der Waals surface area contributed by atoms with Crippen LogP contribution in [0, 0.1) is 0 Å². The summed E-state index contributed by atoms with van der Waals surface area (Å²) in [4.78, 5) is 12.2. The number of hydrazine groups is 1. The topological polar surface area (TPSA) is 59.6 Å². The molecule has 2 aromatic carbocycles. The molecule has 5 nitrogen and oxygen atoms in total. The van der Waals surface area contributed by atoms with Gasteiger partial charge < -0.3 is 9.47 Å². The molecule has 0 aliphatic carbocycles. The van der Waals surface area contributed by atoms with Crippen molar-refractivity contribution >= 4 is 27.5 Å². The molecule has 0 spiro atoms. The lowest BCUT2D eigenvalue weighted by atomic mass is 10.2. The fourth-order valence-electron chi connectivity index (χ4n) is 1.86. The molecule has 0 saturated carbocycles. The Kier molecular flexibility index (Phi) is 5.66. The van der Waals surface area contributed by atoms with Gasteiger partial charge in [-0.3, -0.25) is 15.6 Å². The lowest BCUT2D eigenvalue weighted by Gasteiger charge is -2.14. The van der Waals surface area contributed by atoms with Gasteiger partial charge in [0.1, 0.15) is 0 Å². The molecular formula is C16H17BrN2O3. The zero-order chi connectivity index (χ0) is 15.9. The van der Waals surface area contributed by atoms with Crippen LogP contribution in [0.4, 0.5) is 5.69 Å². The average Bonchev–Trinajstić information content (AvgIpc) is 2.55. The van der Waals surface area contributed by atoms with Gasteiger partial charge in [0.15, 0.2) is 11.5 Å². The van der Waals surface area contributed by atoms with Crippen molar-refractivity contribution in [2.75, 3.05) is 19.1 Å². The van der Waals surface area contributed by atoms with Crippen LogP contribution in [0.1, 0.15) is 17.3 Å². The van der Waals surface area contributed by atoms with Gasteiger partial charge in [-0.1, -0.05) is 18.2 Å². The van der Waals surface area contributed by atoms with E-state index in [0.717, 1.165) is 5.69 Å². The summed E-state index contributed by atoms with van der Waals surface area (Å²) in [6.07, 6.45) is 0. The van der Waals surface area contributed by atoms with E-state index < -0.39 is 0 Å². The molecule has 2 aromatic rings. The van der Waals surface area contributed by atoms with Gasteiger partial charge in [0.25, 0.3) is 5.91 Å². The van der Waals surface area contributed by atoms with Crippen molar-refractivity contribution in [1.82, 2.24) is 5.43 Å². The summed E-state index contributed by atoms with van der Waals surface area (Å²) in [7, 11) is 1.54. The highest BCUT2D eigenvalue weighted by Crippen LogP contribution is 2.36. The van der Waals surface area contributed by atoms with Gasteiger partial charge in [-0.15, -0.1) is 0 Å². The second-order valence-electron chi connectivity index (χ2n) is 4.37. The number of rotatable bonds is 6. The van der Waals surface area contributed by atoms with Crippen LogP contribution in [0.5, 0.6) is 11.5 Å². The predicted molar refractivity (Wildman–Crippen MR) is 89.4 cm³/mol. The van der Waals surface area contributed by atoms with Crippen molar-refractivity contribution in [3.05, 3.63) is 52.5 Å². The van der Waals surface area contributed by atoms with Crippen molar-refractivity contribution in [3.8, 4) is 11.5 Å². The number of para-hydroxylation sites is 1. The van der Waals surface area contributed by atoms with Crippen LogP contribution >= 0.6 is 15.9 Å². The fraction of sp³-hybridized carbons (Fsp3) is 0.188.